The summed E-state index contributed by atoms with van der Waals surface area (Å²) in [6, 6.07) is 21.1. The van der Waals surface area contributed by atoms with Crippen LogP contribution in [0.1, 0.15) is 11.1 Å². The lowest BCUT2D eigenvalue weighted by Gasteiger charge is -2.17. The first kappa shape index (κ1) is 27.8. The average Bonchev–Trinajstić information content (AvgIpc) is 2.89. The van der Waals surface area contributed by atoms with Crippen LogP contribution in [0.5, 0.6) is 0 Å². The predicted molar refractivity (Wildman–Crippen MR) is 149 cm³/mol. The van der Waals surface area contributed by atoms with E-state index in [9.17, 15) is 14.4 Å². The van der Waals surface area contributed by atoms with Gasteiger partial charge in [-0.25, -0.2) is 11.4 Å². The number of hydrazone groups is 1. The summed E-state index contributed by atoms with van der Waals surface area (Å²) in [5.41, 5.74) is 12.4. The molecule has 3 rings (SSSR count). The van der Waals surface area contributed by atoms with E-state index in [0.29, 0.717) is 23.3 Å². The highest BCUT2D eigenvalue weighted by Crippen LogP contribution is 2.28. The summed E-state index contributed by atoms with van der Waals surface area (Å²) >= 11 is 0. The Morgan fingerprint density at radius 1 is 0.974 bits per heavy atom. The van der Waals surface area contributed by atoms with Gasteiger partial charge < -0.3 is 26.6 Å². The Hall–Kier alpha value is -4.74. The minimum absolute atomic E-state index is 0.105. The third kappa shape index (κ3) is 7.88. The molecule has 0 saturated carbocycles. The summed E-state index contributed by atoms with van der Waals surface area (Å²) in [4.78, 5) is 38.2. The van der Waals surface area contributed by atoms with Crippen molar-refractivity contribution >= 4 is 35.4 Å². The normalized spacial score (nSPS) is 11.9. The number of hydrogen-bond donors (Lipinski definition) is 6. The Morgan fingerprint density at radius 3 is 2.29 bits per heavy atom. The lowest BCUT2D eigenvalue weighted by molar-refractivity contribution is -0.121. The highest BCUT2D eigenvalue weighted by Gasteiger charge is 2.19. The summed E-state index contributed by atoms with van der Waals surface area (Å²) in [6.07, 6.45) is 0.789. The van der Waals surface area contributed by atoms with E-state index in [0.717, 1.165) is 16.7 Å². The second-order valence-electron chi connectivity index (χ2n) is 8.76. The molecule has 0 saturated heterocycles. The minimum Gasteiger partial charge on any atom is -0.382 e. The van der Waals surface area contributed by atoms with Crippen LogP contribution in [0.25, 0.3) is 11.1 Å². The van der Waals surface area contributed by atoms with Crippen molar-refractivity contribution in [2.75, 3.05) is 31.3 Å². The molecule has 38 heavy (non-hydrogen) atoms. The number of anilines is 2. The van der Waals surface area contributed by atoms with Crippen LogP contribution in [0, 0.1) is 0 Å². The van der Waals surface area contributed by atoms with E-state index in [2.05, 4.69) is 26.6 Å². The van der Waals surface area contributed by atoms with E-state index in [1.54, 1.807) is 29.2 Å². The molecule has 0 radical (unpaired) electrons. The number of para-hydroxylation sites is 1. The van der Waals surface area contributed by atoms with Crippen LogP contribution in [-0.2, 0) is 20.8 Å². The average molecular weight is 517 g/mol. The molecule has 0 fully saturated rings. The largest absolute Gasteiger partial charge is 0.382 e. The van der Waals surface area contributed by atoms with Gasteiger partial charge >= 0.3 is 0 Å². The molecule has 0 aliphatic heterocycles. The fourth-order valence-corrected chi connectivity index (χ4v) is 3.77. The van der Waals surface area contributed by atoms with Crippen LogP contribution >= 0.6 is 0 Å². The highest BCUT2D eigenvalue weighted by atomic mass is 16.2. The number of carbonyl (C=O) groups excluding carboxylic acids is 3. The zero-order valence-corrected chi connectivity index (χ0v) is 21.3. The maximum Gasteiger partial charge on any atom is 0.247 e. The molecule has 11 nitrogen and oxygen atoms in total. The Balaban J connectivity index is 1.69. The van der Waals surface area contributed by atoms with E-state index in [4.69, 9.17) is 11.6 Å². The molecule has 0 spiro atoms. The number of rotatable bonds is 12. The van der Waals surface area contributed by atoms with Crippen molar-refractivity contribution in [3.8, 4) is 11.1 Å². The minimum atomic E-state index is -0.788. The van der Waals surface area contributed by atoms with Gasteiger partial charge in [0, 0.05) is 28.9 Å². The maximum absolute atomic E-state index is 12.9. The molecule has 3 aromatic carbocycles. The van der Waals surface area contributed by atoms with E-state index in [1.807, 2.05) is 62.6 Å². The summed E-state index contributed by atoms with van der Waals surface area (Å²) in [6.45, 7) is 0.276. The van der Waals surface area contributed by atoms with E-state index in [-0.39, 0.29) is 30.6 Å². The number of nitrogens with two attached hydrogens (primary N) is 2. The second-order valence-corrected chi connectivity index (χ2v) is 8.76. The number of benzene rings is 3. The summed E-state index contributed by atoms with van der Waals surface area (Å²) < 4.78 is 0. The molecule has 0 aliphatic carbocycles. The maximum atomic E-state index is 12.9. The first-order valence-electron chi connectivity index (χ1n) is 11.8. The number of amidine groups is 1. The van der Waals surface area contributed by atoms with Crippen molar-refractivity contribution in [2.24, 2.45) is 16.7 Å². The number of amides is 3. The zero-order chi connectivity index (χ0) is 27.5. The number of likely N-dealkylation sites (N-methyl/N-ethyl adjacent to an activating group) is 1. The van der Waals surface area contributed by atoms with Gasteiger partial charge in [-0.05, 0) is 55.6 Å². The fourth-order valence-electron chi connectivity index (χ4n) is 3.77. The smallest absolute Gasteiger partial charge is 0.247 e. The standard InChI is InChI=1S/C27H32N8O3/c1-35(2)16-25(37)32-23-6-4-3-5-22(23)19-9-7-18(8-10-19)15-24(30-17-36)27(38)31-21-13-11-20(12-14-21)26(28)33-34-29/h3-14,17,24,34H,15-16,29H2,1-2H3,(H2,28,33)(H,30,36)(H,31,38)(H,32,37)/t24-/m0/s1. The van der Waals surface area contributed by atoms with Crippen molar-refractivity contribution < 1.29 is 14.4 Å². The summed E-state index contributed by atoms with van der Waals surface area (Å²) in [5.74, 6) is 4.87. The topological polar surface area (TPSA) is 167 Å². The van der Waals surface area contributed by atoms with Gasteiger partial charge in [-0.15, -0.1) is 5.10 Å². The van der Waals surface area contributed by atoms with Gasteiger partial charge in [0.05, 0.1) is 6.54 Å². The lowest BCUT2D eigenvalue weighted by atomic mass is 9.99. The summed E-state index contributed by atoms with van der Waals surface area (Å²) in [7, 11) is 3.67. The molecule has 0 aliphatic rings. The van der Waals surface area contributed by atoms with E-state index < -0.39 is 6.04 Å². The number of hydrazine groups is 1. The molecule has 0 aromatic heterocycles. The molecule has 3 amide bonds. The van der Waals surface area contributed by atoms with Crippen molar-refractivity contribution in [1.82, 2.24) is 15.8 Å². The van der Waals surface area contributed by atoms with Crippen molar-refractivity contribution in [3.05, 3.63) is 83.9 Å². The van der Waals surface area contributed by atoms with Crippen molar-refractivity contribution in [3.63, 3.8) is 0 Å². The molecular formula is C27H32N8O3. The van der Waals surface area contributed by atoms with Gasteiger partial charge in [0.1, 0.15) is 6.04 Å². The molecular weight excluding hydrogens is 484 g/mol. The Labute approximate surface area is 221 Å². The van der Waals surface area contributed by atoms with Gasteiger partial charge in [0.25, 0.3) is 0 Å². The Morgan fingerprint density at radius 2 is 1.66 bits per heavy atom. The van der Waals surface area contributed by atoms with E-state index >= 15 is 0 Å². The van der Waals surface area contributed by atoms with Gasteiger partial charge in [0.15, 0.2) is 5.84 Å². The molecule has 0 bridgehead atoms. The highest BCUT2D eigenvalue weighted by molar-refractivity contribution is 5.99. The number of nitrogens with one attached hydrogen (secondary N) is 4. The SMILES string of the molecule is CN(C)CC(=O)Nc1ccccc1-c1ccc(C[C@H](NC=O)C(=O)Nc2ccc(/C(N)=N/NN)cc2)cc1. The third-order valence-electron chi connectivity index (χ3n) is 5.58. The Bertz CT molecular complexity index is 1270. The van der Waals surface area contributed by atoms with Crippen LogP contribution in [0.4, 0.5) is 11.4 Å². The number of carbonyl (C=O) groups is 3. The quantitative estimate of drug-likeness (QED) is 0.0692. The first-order valence-corrected chi connectivity index (χ1v) is 11.8. The van der Waals surface area contributed by atoms with Crippen molar-refractivity contribution in [2.45, 2.75) is 12.5 Å². The Kier molecular flexibility index (Phi) is 9.92. The molecule has 198 valence electrons. The van der Waals surface area contributed by atoms with E-state index in [1.165, 1.54) is 0 Å². The van der Waals surface area contributed by atoms with Crippen molar-refractivity contribution in [1.29, 1.82) is 0 Å². The third-order valence-corrected chi connectivity index (χ3v) is 5.58. The number of nitrogens with zero attached hydrogens (tertiary/aromatic N) is 2. The van der Waals surface area contributed by atoms with Gasteiger partial charge in [-0.2, -0.15) is 0 Å². The lowest BCUT2D eigenvalue weighted by Crippen LogP contribution is -2.41. The van der Waals surface area contributed by atoms with Gasteiger partial charge in [-0.1, -0.05) is 42.5 Å². The second kappa shape index (κ2) is 13.5. The monoisotopic (exact) mass is 516 g/mol. The van der Waals surface area contributed by atoms with Crippen LogP contribution in [0.3, 0.4) is 0 Å². The molecule has 0 heterocycles. The first-order chi connectivity index (χ1) is 18.3. The molecule has 0 unspecified atom stereocenters. The number of hydrogen-bond acceptors (Lipinski definition) is 7. The molecule has 11 heteroatoms. The molecule has 1 atom stereocenters. The molecule has 8 N–H and O–H groups in total. The summed E-state index contributed by atoms with van der Waals surface area (Å²) in [5, 5.41) is 12.0. The zero-order valence-electron chi connectivity index (χ0n) is 21.3. The van der Waals surface area contributed by atoms with Crippen LogP contribution in [-0.4, -0.2) is 55.6 Å². The molecule has 3 aromatic rings. The fraction of sp³-hybridized carbons (Fsp3) is 0.185. The van der Waals surface area contributed by atoms with Gasteiger partial charge in [-0.3, -0.25) is 14.4 Å². The van der Waals surface area contributed by atoms with Crippen LogP contribution < -0.4 is 33.1 Å². The van der Waals surface area contributed by atoms with Gasteiger partial charge in [0.2, 0.25) is 18.2 Å². The predicted octanol–water partition coefficient (Wildman–Crippen LogP) is 1.23. The van der Waals surface area contributed by atoms with Crippen LogP contribution in [0.15, 0.2) is 77.9 Å². The van der Waals surface area contributed by atoms with Crippen LogP contribution in [0.2, 0.25) is 0 Å².